The normalized spacial score (nSPS) is 13.1. The van der Waals surface area contributed by atoms with E-state index in [-0.39, 0.29) is 6.85 Å². The number of hydrogen-bond acceptors (Lipinski definition) is 2. The maximum atomic E-state index is 12.8. The molecule has 2 nitrogen and oxygen atoms in total. The Balaban J connectivity index is 1.65. The highest BCUT2D eigenvalue weighted by molar-refractivity contribution is 6.81. The Morgan fingerprint density at radius 1 is 0.862 bits per heavy atom. The lowest BCUT2D eigenvalue weighted by molar-refractivity contribution is -0.137. The first-order chi connectivity index (χ1) is 13.8. The van der Waals surface area contributed by atoms with Gasteiger partial charge in [-0.15, -0.1) is 0 Å². The number of benzene rings is 3. The van der Waals surface area contributed by atoms with Crippen LogP contribution >= 0.6 is 0 Å². The molecule has 0 aliphatic carbocycles. The highest BCUT2D eigenvalue weighted by Gasteiger charge is 2.30. The van der Waals surface area contributed by atoms with Crippen molar-refractivity contribution in [3.63, 3.8) is 0 Å². The van der Waals surface area contributed by atoms with E-state index in [0.29, 0.717) is 0 Å². The van der Waals surface area contributed by atoms with Crippen LogP contribution < -0.4 is 15.6 Å². The van der Waals surface area contributed by atoms with Crippen molar-refractivity contribution in [2.24, 2.45) is 0 Å². The third-order valence-electron chi connectivity index (χ3n) is 5.16. The van der Waals surface area contributed by atoms with Gasteiger partial charge in [0.05, 0.1) is 5.56 Å². The molecular formula is C23H20BF3N2. The van der Waals surface area contributed by atoms with Gasteiger partial charge in [-0.3, -0.25) is 0 Å². The fourth-order valence-electron chi connectivity index (χ4n) is 3.53. The van der Waals surface area contributed by atoms with Gasteiger partial charge in [0.25, 0.3) is 0 Å². The predicted octanol–water partition coefficient (Wildman–Crippen LogP) is 5.32. The first kappa shape index (κ1) is 19.2. The number of nitrogens with one attached hydrogen (secondary N) is 1. The molecule has 1 aliphatic heterocycles. The summed E-state index contributed by atoms with van der Waals surface area (Å²) in [5, 5.41) is 3.50. The molecule has 0 atom stereocenters. The van der Waals surface area contributed by atoms with Crippen molar-refractivity contribution in [1.29, 1.82) is 0 Å². The average Bonchev–Trinajstić information content (AvgIpc) is 2.72. The van der Waals surface area contributed by atoms with Crippen LogP contribution in [0.1, 0.15) is 11.1 Å². The molecule has 6 heteroatoms. The molecule has 0 unspecified atom stereocenters. The van der Waals surface area contributed by atoms with E-state index in [9.17, 15) is 13.2 Å². The number of hydrogen-bond donors (Lipinski definition) is 1. The van der Waals surface area contributed by atoms with E-state index < -0.39 is 11.7 Å². The minimum absolute atomic E-state index is 0.188. The molecule has 4 rings (SSSR count). The molecule has 29 heavy (non-hydrogen) atoms. The number of rotatable bonds is 3. The molecule has 3 aromatic rings. The summed E-state index contributed by atoms with van der Waals surface area (Å²) >= 11 is 0. The lowest BCUT2D eigenvalue weighted by Crippen LogP contribution is -2.38. The van der Waals surface area contributed by atoms with Crippen LogP contribution in [0.4, 0.5) is 24.5 Å². The summed E-state index contributed by atoms with van der Waals surface area (Å²) in [5.41, 5.74) is 5.46. The summed E-state index contributed by atoms with van der Waals surface area (Å²) in [5.74, 6) is 1.98. The van der Waals surface area contributed by atoms with Crippen LogP contribution in [0.15, 0.2) is 72.7 Å². The van der Waals surface area contributed by atoms with Crippen molar-refractivity contribution < 1.29 is 13.2 Å². The van der Waals surface area contributed by atoms with E-state index >= 15 is 0 Å². The summed E-state index contributed by atoms with van der Waals surface area (Å²) in [4.78, 5) is 2.05. The smallest absolute Gasteiger partial charge is 0.416 e. The lowest BCUT2D eigenvalue weighted by Gasteiger charge is -2.23. The number of fused-ring (bicyclic) bond motifs is 1. The minimum Gasteiger partial charge on any atom is -0.420 e. The van der Waals surface area contributed by atoms with Crippen LogP contribution in [0.3, 0.4) is 0 Å². The molecule has 0 saturated carbocycles. The monoisotopic (exact) mass is 392 g/mol. The van der Waals surface area contributed by atoms with Crippen molar-refractivity contribution >= 4 is 29.8 Å². The van der Waals surface area contributed by atoms with Crippen LogP contribution in [-0.2, 0) is 6.18 Å². The quantitative estimate of drug-likeness (QED) is 0.608. The first-order valence-corrected chi connectivity index (χ1v) is 9.35. The van der Waals surface area contributed by atoms with E-state index in [4.69, 9.17) is 0 Å². The second-order valence-corrected chi connectivity index (χ2v) is 7.31. The predicted molar refractivity (Wildman–Crippen MR) is 116 cm³/mol. The number of alkyl halides is 3. The second-order valence-electron chi connectivity index (χ2n) is 7.31. The fourth-order valence-corrected chi connectivity index (χ4v) is 3.53. The van der Waals surface area contributed by atoms with Gasteiger partial charge >= 0.3 is 13.0 Å². The summed E-state index contributed by atoms with van der Waals surface area (Å²) in [6.45, 7) is -0.188. The van der Waals surface area contributed by atoms with E-state index in [1.165, 1.54) is 12.1 Å². The number of para-hydroxylation sites is 1. The standard InChI is InChI=1S/C23H20BF3N2/c1-29(2)20-12-6-16(7-13-20)21-5-3-4-17-14-15-24(28-22(17)21)19-10-8-18(9-11-19)23(25,26)27/h3-15,28H,1-2H3. The van der Waals surface area contributed by atoms with E-state index in [0.717, 1.165) is 45.7 Å². The number of halogens is 3. The van der Waals surface area contributed by atoms with Crippen LogP contribution in [0.2, 0.25) is 0 Å². The van der Waals surface area contributed by atoms with Gasteiger partial charge in [-0.1, -0.05) is 72.1 Å². The fraction of sp³-hybridized carbons (Fsp3) is 0.130. The number of anilines is 2. The third-order valence-corrected chi connectivity index (χ3v) is 5.16. The van der Waals surface area contributed by atoms with Crippen molar-refractivity contribution in [1.82, 2.24) is 0 Å². The SMILES string of the molecule is CN(C)c1ccc(-c2cccc3c2NB(c2ccc(C(F)(F)F)cc2)C=C3)cc1. The van der Waals surface area contributed by atoms with Crippen molar-refractivity contribution in [3.05, 3.63) is 83.8 Å². The van der Waals surface area contributed by atoms with Gasteiger partial charge in [0.2, 0.25) is 0 Å². The van der Waals surface area contributed by atoms with Crippen LogP contribution in [0.5, 0.6) is 0 Å². The van der Waals surface area contributed by atoms with Gasteiger partial charge < -0.3 is 10.1 Å². The molecule has 146 valence electrons. The van der Waals surface area contributed by atoms with Gasteiger partial charge in [-0.05, 0) is 23.3 Å². The van der Waals surface area contributed by atoms with E-state index in [2.05, 4.69) is 35.6 Å². The van der Waals surface area contributed by atoms with Gasteiger partial charge in [0.1, 0.15) is 0 Å². The van der Waals surface area contributed by atoms with Crippen LogP contribution in [0.25, 0.3) is 17.2 Å². The molecule has 1 heterocycles. The maximum absolute atomic E-state index is 12.8. The Morgan fingerprint density at radius 2 is 1.55 bits per heavy atom. The zero-order chi connectivity index (χ0) is 20.6. The summed E-state index contributed by atoms with van der Waals surface area (Å²) in [6.07, 6.45) is -2.31. The van der Waals surface area contributed by atoms with Crippen molar-refractivity contribution in [3.8, 4) is 11.1 Å². The molecule has 0 saturated heterocycles. The summed E-state index contributed by atoms with van der Waals surface area (Å²) in [7, 11) is 4.00. The van der Waals surface area contributed by atoms with Gasteiger partial charge in [-0.2, -0.15) is 13.2 Å². The van der Waals surface area contributed by atoms with Gasteiger partial charge in [-0.25, -0.2) is 0 Å². The molecule has 1 aliphatic rings. The topological polar surface area (TPSA) is 15.3 Å². The summed E-state index contributed by atoms with van der Waals surface area (Å²) in [6, 6.07) is 19.7. The second kappa shape index (κ2) is 7.35. The highest BCUT2D eigenvalue weighted by Crippen LogP contribution is 2.35. The molecule has 0 bridgehead atoms. The molecule has 0 spiro atoms. The van der Waals surface area contributed by atoms with E-state index in [1.54, 1.807) is 0 Å². The Kier molecular flexibility index (Phi) is 4.86. The maximum Gasteiger partial charge on any atom is 0.416 e. The average molecular weight is 392 g/mol. The molecule has 0 amide bonds. The molecule has 0 radical (unpaired) electrons. The molecule has 0 fully saturated rings. The number of nitrogens with zero attached hydrogens (tertiary/aromatic N) is 1. The zero-order valence-corrected chi connectivity index (χ0v) is 16.2. The Hall–Kier alpha value is -3.15. The first-order valence-electron chi connectivity index (χ1n) is 9.35. The zero-order valence-electron chi connectivity index (χ0n) is 16.2. The third kappa shape index (κ3) is 3.88. The molecule has 3 aromatic carbocycles. The molecule has 0 aromatic heterocycles. The largest absolute Gasteiger partial charge is 0.420 e. The lowest BCUT2D eigenvalue weighted by atomic mass is 9.54. The Bertz CT molecular complexity index is 1040. The van der Waals surface area contributed by atoms with Crippen LogP contribution in [0, 0.1) is 0 Å². The minimum atomic E-state index is -4.33. The highest BCUT2D eigenvalue weighted by atomic mass is 19.4. The van der Waals surface area contributed by atoms with Crippen molar-refractivity contribution in [2.75, 3.05) is 24.2 Å². The van der Waals surface area contributed by atoms with Crippen molar-refractivity contribution in [2.45, 2.75) is 6.18 Å². The van der Waals surface area contributed by atoms with Gasteiger partial charge in [0.15, 0.2) is 0 Å². The van der Waals surface area contributed by atoms with Gasteiger partial charge in [0, 0.05) is 31.0 Å². The Labute approximate surface area is 168 Å². The van der Waals surface area contributed by atoms with E-state index in [1.807, 2.05) is 43.2 Å². The van der Waals surface area contributed by atoms with Crippen LogP contribution in [-0.4, -0.2) is 20.9 Å². The summed E-state index contributed by atoms with van der Waals surface area (Å²) < 4.78 is 38.5. The molecular weight excluding hydrogens is 372 g/mol. The Morgan fingerprint density at radius 3 is 2.17 bits per heavy atom. The molecule has 1 N–H and O–H groups in total.